The molecule has 0 radical (unpaired) electrons. The van der Waals surface area contributed by atoms with E-state index in [1.165, 1.54) is 0 Å². The molecule has 2 atom stereocenters. The number of amidine groups is 1. The Morgan fingerprint density at radius 3 is 2.56 bits per heavy atom. The van der Waals surface area contributed by atoms with Crippen molar-refractivity contribution >= 4 is 5.84 Å². The van der Waals surface area contributed by atoms with Crippen molar-refractivity contribution in [3.8, 4) is 0 Å². The largest absolute Gasteiger partial charge is 0.399 e. The van der Waals surface area contributed by atoms with E-state index in [0.29, 0.717) is 12.5 Å². The summed E-state index contributed by atoms with van der Waals surface area (Å²) in [5.41, 5.74) is 5.03. The van der Waals surface area contributed by atoms with Crippen LogP contribution in [0.4, 0.5) is 13.2 Å². The van der Waals surface area contributed by atoms with E-state index in [-0.39, 0.29) is 6.54 Å². The van der Waals surface area contributed by atoms with Gasteiger partial charge in [-0.25, -0.2) is 0 Å². The van der Waals surface area contributed by atoms with Gasteiger partial charge in [-0.15, -0.1) is 0 Å². The number of likely N-dealkylation sites (tertiary alicyclic amines) is 1. The van der Waals surface area contributed by atoms with Gasteiger partial charge in [0.1, 0.15) is 11.8 Å². The second-order valence-electron chi connectivity index (χ2n) is 5.19. The van der Waals surface area contributed by atoms with Crippen molar-refractivity contribution < 1.29 is 13.2 Å². The van der Waals surface area contributed by atoms with Crippen molar-refractivity contribution in [2.75, 3.05) is 40.3 Å². The Balaban J connectivity index is 2.47. The van der Waals surface area contributed by atoms with Crippen LogP contribution in [0.25, 0.3) is 0 Å². The van der Waals surface area contributed by atoms with E-state index in [1.807, 2.05) is 7.05 Å². The molecule has 0 amide bonds. The maximum absolute atomic E-state index is 12.7. The van der Waals surface area contributed by atoms with Crippen LogP contribution in [-0.2, 0) is 0 Å². The quantitative estimate of drug-likeness (QED) is 0.576. The van der Waals surface area contributed by atoms with Gasteiger partial charge < -0.3 is 15.5 Å². The Labute approximate surface area is 105 Å². The van der Waals surface area contributed by atoms with Crippen molar-refractivity contribution in [2.45, 2.75) is 12.6 Å². The van der Waals surface area contributed by atoms with E-state index in [4.69, 9.17) is 11.1 Å². The van der Waals surface area contributed by atoms with E-state index in [2.05, 4.69) is 4.90 Å². The van der Waals surface area contributed by atoms with Crippen LogP contribution in [0.3, 0.4) is 0 Å². The Bertz CT molecular complexity index is 293. The molecule has 0 aromatic heterocycles. The van der Waals surface area contributed by atoms with Gasteiger partial charge in [-0.1, -0.05) is 0 Å². The first-order valence-electron chi connectivity index (χ1n) is 5.98. The topological polar surface area (TPSA) is 56.4 Å². The molecule has 1 saturated heterocycles. The number of hydrogen-bond acceptors (Lipinski definition) is 3. The van der Waals surface area contributed by atoms with E-state index in [1.54, 1.807) is 11.9 Å². The molecule has 3 N–H and O–H groups in total. The molecule has 1 aliphatic rings. The molecule has 106 valence electrons. The Hall–Kier alpha value is -0.820. The minimum Gasteiger partial charge on any atom is -0.387 e. The predicted octanol–water partition coefficient (Wildman–Crippen LogP) is 0.984. The highest BCUT2D eigenvalue weighted by molar-refractivity contribution is 5.80. The average Bonchev–Trinajstić information content (AvgIpc) is 2.58. The van der Waals surface area contributed by atoms with E-state index < -0.39 is 17.9 Å². The summed E-state index contributed by atoms with van der Waals surface area (Å²) < 4.78 is 38.0. The van der Waals surface area contributed by atoms with Crippen LogP contribution in [-0.4, -0.2) is 62.1 Å². The molecule has 0 aliphatic carbocycles. The Kier molecular flexibility index (Phi) is 4.98. The van der Waals surface area contributed by atoms with Crippen molar-refractivity contribution in [3.63, 3.8) is 0 Å². The molecule has 1 heterocycles. The molecular weight excluding hydrogens is 245 g/mol. The normalized spacial score (nSPS) is 23.6. The van der Waals surface area contributed by atoms with Crippen LogP contribution in [0.1, 0.15) is 6.42 Å². The monoisotopic (exact) mass is 266 g/mol. The second kappa shape index (κ2) is 5.88. The highest BCUT2D eigenvalue weighted by Crippen LogP contribution is 2.27. The summed E-state index contributed by atoms with van der Waals surface area (Å²) in [4.78, 5) is 3.80. The molecule has 0 aromatic rings. The Morgan fingerprint density at radius 1 is 1.56 bits per heavy atom. The lowest BCUT2D eigenvalue weighted by Crippen LogP contribution is -2.44. The average molecular weight is 266 g/mol. The first-order chi connectivity index (χ1) is 8.20. The number of nitrogens with two attached hydrogens (primary N) is 1. The lowest BCUT2D eigenvalue weighted by molar-refractivity contribution is -0.159. The number of nitrogens with one attached hydrogen (secondary N) is 1. The first kappa shape index (κ1) is 15.2. The molecule has 2 unspecified atom stereocenters. The summed E-state index contributed by atoms with van der Waals surface area (Å²) in [5, 5.41) is 7.04. The van der Waals surface area contributed by atoms with Gasteiger partial charge >= 0.3 is 6.18 Å². The summed E-state index contributed by atoms with van der Waals surface area (Å²) in [7, 11) is 3.66. The van der Waals surface area contributed by atoms with Crippen LogP contribution in [0.2, 0.25) is 0 Å². The van der Waals surface area contributed by atoms with E-state index in [9.17, 15) is 13.2 Å². The molecule has 7 heteroatoms. The zero-order valence-corrected chi connectivity index (χ0v) is 10.8. The van der Waals surface area contributed by atoms with Crippen molar-refractivity contribution in [1.82, 2.24) is 9.80 Å². The van der Waals surface area contributed by atoms with Crippen LogP contribution < -0.4 is 5.73 Å². The maximum Gasteiger partial charge on any atom is 0.399 e. The zero-order chi connectivity index (χ0) is 13.9. The second-order valence-corrected chi connectivity index (χ2v) is 5.19. The molecular formula is C11H21F3N4. The SMILES string of the molecule is CN1CCC(CN(C)CC(C(=N)N)C(F)(F)F)C1. The predicted molar refractivity (Wildman–Crippen MR) is 64.6 cm³/mol. The standard InChI is InChI=1S/C11H21F3N4/c1-17-4-3-8(5-17)6-18(2)7-9(10(15)16)11(12,13)14/h8-9H,3-7H2,1-2H3,(H3,15,16). The maximum atomic E-state index is 12.7. The fourth-order valence-electron chi connectivity index (χ4n) is 2.38. The smallest absolute Gasteiger partial charge is 0.387 e. The van der Waals surface area contributed by atoms with Crippen molar-refractivity contribution in [1.29, 1.82) is 5.41 Å². The molecule has 1 aliphatic heterocycles. The number of halogens is 3. The first-order valence-corrected chi connectivity index (χ1v) is 5.98. The van der Waals surface area contributed by atoms with E-state index >= 15 is 0 Å². The van der Waals surface area contributed by atoms with Gasteiger partial charge in [-0.2, -0.15) is 13.2 Å². The van der Waals surface area contributed by atoms with Gasteiger partial charge in [-0.3, -0.25) is 5.41 Å². The third-order valence-electron chi connectivity index (χ3n) is 3.32. The Morgan fingerprint density at radius 2 is 2.17 bits per heavy atom. The number of nitrogens with zero attached hydrogens (tertiary/aromatic N) is 2. The number of hydrogen-bond donors (Lipinski definition) is 2. The number of alkyl halides is 3. The van der Waals surface area contributed by atoms with Crippen LogP contribution in [0, 0.1) is 17.2 Å². The summed E-state index contributed by atoms with van der Waals surface area (Å²) in [6.45, 7) is 2.29. The molecule has 0 aromatic carbocycles. The van der Waals surface area contributed by atoms with Gasteiger partial charge in [0.25, 0.3) is 0 Å². The molecule has 1 fully saturated rings. The molecule has 18 heavy (non-hydrogen) atoms. The summed E-state index contributed by atoms with van der Waals surface area (Å²) in [6.07, 6.45) is -3.43. The van der Waals surface area contributed by atoms with Crippen molar-refractivity contribution in [3.05, 3.63) is 0 Å². The van der Waals surface area contributed by atoms with Gasteiger partial charge in [0.15, 0.2) is 0 Å². The van der Waals surface area contributed by atoms with Gasteiger partial charge in [-0.05, 0) is 33.0 Å². The number of rotatable bonds is 5. The summed E-state index contributed by atoms with van der Waals surface area (Å²) in [6, 6.07) is 0. The summed E-state index contributed by atoms with van der Waals surface area (Å²) in [5.74, 6) is -2.26. The highest BCUT2D eigenvalue weighted by atomic mass is 19.4. The van der Waals surface area contributed by atoms with E-state index in [0.717, 1.165) is 19.5 Å². The molecule has 0 bridgehead atoms. The van der Waals surface area contributed by atoms with Crippen LogP contribution in [0.5, 0.6) is 0 Å². The van der Waals surface area contributed by atoms with Gasteiger partial charge in [0.2, 0.25) is 0 Å². The lowest BCUT2D eigenvalue weighted by Gasteiger charge is -2.26. The molecule has 0 spiro atoms. The van der Waals surface area contributed by atoms with Crippen LogP contribution in [0.15, 0.2) is 0 Å². The van der Waals surface area contributed by atoms with Crippen molar-refractivity contribution in [2.24, 2.45) is 17.6 Å². The van der Waals surface area contributed by atoms with Crippen LogP contribution >= 0.6 is 0 Å². The zero-order valence-electron chi connectivity index (χ0n) is 10.8. The van der Waals surface area contributed by atoms with Gasteiger partial charge in [0.05, 0.1) is 0 Å². The fraction of sp³-hybridized carbons (Fsp3) is 0.909. The van der Waals surface area contributed by atoms with Gasteiger partial charge in [0, 0.05) is 19.6 Å². The summed E-state index contributed by atoms with van der Waals surface area (Å²) >= 11 is 0. The third kappa shape index (κ3) is 4.45. The highest BCUT2D eigenvalue weighted by Gasteiger charge is 2.42. The third-order valence-corrected chi connectivity index (χ3v) is 3.32. The minimum absolute atomic E-state index is 0.237. The molecule has 4 nitrogen and oxygen atoms in total. The molecule has 0 saturated carbocycles. The lowest BCUT2D eigenvalue weighted by atomic mass is 10.1. The minimum atomic E-state index is -4.44. The fourth-order valence-corrected chi connectivity index (χ4v) is 2.38. The molecule has 1 rings (SSSR count).